The molecule has 6 nitrogen and oxygen atoms in total. The number of carboxylic acids is 1. The first-order chi connectivity index (χ1) is 16.9. The van der Waals surface area contributed by atoms with Gasteiger partial charge in [0.1, 0.15) is 24.3 Å². The number of aliphatic carboxylic acids is 1. The van der Waals surface area contributed by atoms with E-state index in [0.29, 0.717) is 0 Å². The molecule has 1 heterocycles. The van der Waals surface area contributed by atoms with Crippen molar-refractivity contribution in [3.05, 3.63) is 95.1 Å². The minimum Gasteiger partial charge on any atom is -0.480 e. The monoisotopic (exact) mass is 479 g/mol. The number of hydrogen-bond donors (Lipinski definition) is 1. The molecule has 0 radical (unpaired) electrons. The van der Waals surface area contributed by atoms with Gasteiger partial charge in [-0.05, 0) is 28.3 Å². The Kier molecular flexibility index (Phi) is 6.21. The quantitative estimate of drug-likeness (QED) is 0.541. The summed E-state index contributed by atoms with van der Waals surface area (Å²) in [6.07, 6.45) is -1.32. The van der Waals surface area contributed by atoms with Gasteiger partial charge in [0.2, 0.25) is 0 Å². The largest absolute Gasteiger partial charge is 0.480 e. The van der Waals surface area contributed by atoms with E-state index in [4.69, 9.17) is 9.47 Å². The van der Waals surface area contributed by atoms with Crippen LogP contribution in [0.1, 0.15) is 29.0 Å². The van der Waals surface area contributed by atoms with Crippen LogP contribution in [0.15, 0.2) is 66.7 Å². The number of hydrogen-bond acceptors (Lipinski definition) is 4. The fraction of sp³-hybridized carbons (Fsp3) is 0.259. The zero-order valence-corrected chi connectivity index (χ0v) is 18.7. The van der Waals surface area contributed by atoms with Gasteiger partial charge in [-0.1, -0.05) is 54.6 Å². The topological polar surface area (TPSA) is 76.1 Å². The molecule has 0 aromatic heterocycles. The highest BCUT2D eigenvalue weighted by molar-refractivity contribution is 5.81. The van der Waals surface area contributed by atoms with Crippen LogP contribution >= 0.6 is 0 Å². The molecule has 1 aliphatic carbocycles. The van der Waals surface area contributed by atoms with Gasteiger partial charge in [0.05, 0.1) is 19.3 Å². The lowest BCUT2D eigenvalue weighted by Crippen LogP contribution is -2.41. The molecular formula is C27H23F2NO5. The maximum Gasteiger partial charge on any atom is 0.410 e. The van der Waals surface area contributed by atoms with Crippen molar-refractivity contribution in [3.8, 4) is 11.1 Å². The highest BCUT2D eigenvalue weighted by atomic mass is 19.1. The Labute approximate surface area is 200 Å². The van der Waals surface area contributed by atoms with E-state index in [1.807, 2.05) is 48.5 Å². The minimum atomic E-state index is -1.17. The van der Waals surface area contributed by atoms with Gasteiger partial charge in [-0.3, -0.25) is 4.90 Å². The molecule has 2 atom stereocenters. The Morgan fingerprint density at radius 3 is 2.26 bits per heavy atom. The fourth-order valence-electron chi connectivity index (χ4n) is 4.88. The maximum absolute atomic E-state index is 13.9. The summed E-state index contributed by atoms with van der Waals surface area (Å²) in [5.41, 5.74) is 4.45. The Bertz CT molecular complexity index is 1230. The third-order valence-corrected chi connectivity index (χ3v) is 6.61. The first kappa shape index (κ1) is 23.0. The van der Waals surface area contributed by atoms with Gasteiger partial charge < -0.3 is 14.6 Å². The van der Waals surface area contributed by atoms with Crippen LogP contribution in [0.25, 0.3) is 11.1 Å². The second-order valence-electron chi connectivity index (χ2n) is 8.71. The molecule has 0 bridgehead atoms. The predicted octanol–water partition coefficient (Wildman–Crippen LogP) is 4.96. The third kappa shape index (κ3) is 4.49. The number of carbonyl (C=O) groups excluding carboxylic acids is 1. The summed E-state index contributed by atoms with van der Waals surface area (Å²) in [7, 11) is 0. The van der Waals surface area contributed by atoms with E-state index in [9.17, 15) is 23.5 Å². The molecule has 2 aliphatic rings. The number of carboxylic acid groups (broad SMARTS) is 1. The highest BCUT2D eigenvalue weighted by Crippen LogP contribution is 2.44. The van der Waals surface area contributed by atoms with Crippen molar-refractivity contribution < 1.29 is 33.0 Å². The number of carbonyl (C=O) groups is 2. The summed E-state index contributed by atoms with van der Waals surface area (Å²) in [6, 6.07) is 17.9. The number of rotatable bonds is 6. The average Bonchev–Trinajstić information content (AvgIpc) is 3.42. The van der Waals surface area contributed by atoms with Crippen LogP contribution in [0.4, 0.5) is 13.6 Å². The lowest BCUT2D eigenvalue weighted by Gasteiger charge is -2.22. The lowest BCUT2D eigenvalue weighted by atomic mass is 9.98. The first-order valence-electron chi connectivity index (χ1n) is 11.3. The standard InChI is InChI=1S/C27H23F2NO5/c28-17-10-9-16(24(29)11-17)14-34-18-12-25(26(31)32)30(13-18)27(33)35-15-23-21-7-3-1-5-19(21)20-6-2-4-8-22(20)23/h1-11,18,23,25H,12-15H2,(H,31,32)/t18-,25+/m1/s1. The SMILES string of the molecule is O=C(O)[C@@H]1C[C@@H](OCc2ccc(F)cc2F)CN1C(=O)OCC1c2ccccc2-c2ccccc21. The van der Waals surface area contributed by atoms with E-state index in [2.05, 4.69) is 0 Å². The number of amides is 1. The molecule has 5 rings (SSSR count). The Hall–Kier alpha value is -3.78. The molecule has 180 valence electrons. The van der Waals surface area contributed by atoms with E-state index in [0.717, 1.165) is 39.3 Å². The van der Waals surface area contributed by atoms with Gasteiger partial charge in [-0.15, -0.1) is 0 Å². The van der Waals surface area contributed by atoms with Crippen molar-refractivity contribution in [2.75, 3.05) is 13.2 Å². The molecule has 1 saturated heterocycles. The van der Waals surface area contributed by atoms with E-state index in [-0.39, 0.29) is 37.7 Å². The lowest BCUT2D eigenvalue weighted by molar-refractivity contribution is -0.141. The fourth-order valence-corrected chi connectivity index (χ4v) is 4.88. The maximum atomic E-state index is 13.9. The number of halogens is 2. The van der Waals surface area contributed by atoms with Crippen molar-refractivity contribution >= 4 is 12.1 Å². The van der Waals surface area contributed by atoms with Crippen molar-refractivity contribution in [1.29, 1.82) is 0 Å². The first-order valence-corrected chi connectivity index (χ1v) is 11.3. The van der Waals surface area contributed by atoms with Crippen LogP contribution < -0.4 is 0 Å². The van der Waals surface area contributed by atoms with Crippen LogP contribution in [0.3, 0.4) is 0 Å². The summed E-state index contributed by atoms with van der Waals surface area (Å²) in [5.74, 6) is -2.76. The Morgan fingerprint density at radius 1 is 0.971 bits per heavy atom. The number of likely N-dealkylation sites (tertiary alicyclic amines) is 1. The molecular weight excluding hydrogens is 456 g/mol. The van der Waals surface area contributed by atoms with Gasteiger partial charge >= 0.3 is 12.1 Å². The van der Waals surface area contributed by atoms with Crippen LogP contribution in [-0.4, -0.2) is 47.4 Å². The van der Waals surface area contributed by atoms with Crippen molar-refractivity contribution in [2.24, 2.45) is 0 Å². The molecule has 0 unspecified atom stereocenters. The van der Waals surface area contributed by atoms with Crippen molar-refractivity contribution in [3.63, 3.8) is 0 Å². The van der Waals surface area contributed by atoms with Crippen LogP contribution in [-0.2, 0) is 20.9 Å². The molecule has 3 aromatic carbocycles. The molecule has 1 amide bonds. The second-order valence-corrected chi connectivity index (χ2v) is 8.71. The Morgan fingerprint density at radius 2 is 1.63 bits per heavy atom. The molecule has 8 heteroatoms. The van der Waals surface area contributed by atoms with Gasteiger partial charge in [-0.25, -0.2) is 18.4 Å². The second kappa shape index (κ2) is 9.46. The molecule has 1 aliphatic heterocycles. The number of nitrogens with zero attached hydrogens (tertiary/aromatic N) is 1. The molecule has 3 aromatic rings. The van der Waals surface area contributed by atoms with E-state index in [1.54, 1.807) is 0 Å². The zero-order chi connectivity index (χ0) is 24.5. The van der Waals surface area contributed by atoms with Crippen LogP contribution in [0.5, 0.6) is 0 Å². The van der Waals surface area contributed by atoms with Gasteiger partial charge in [0.25, 0.3) is 0 Å². The van der Waals surface area contributed by atoms with Gasteiger partial charge in [0, 0.05) is 24.0 Å². The molecule has 0 saturated carbocycles. The molecule has 35 heavy (non-hydrogen) atoms. The minimum absolute atomic E-state index is 0.00352. The highest BCUT2D eigenvalue weighted by Gasteiger charge is 2.41. The molecule has 1 N–H and O–H groups in total. The number of benzene rings is 3. The van der Waals surface area contributed by atoms with Crippen molar-refractivity contribution in [1.82, 2.24) is 4.90 Å². The molecule has 1 fully saturated rings. The molecule has 0 spiro atoms. The summed E-state index contributed by atoms with van der Waals surface area (Å²) < 4.78 is 38.3. The Balaban J connectivity index is 1.25. The number of ether oxygens (including phenoxy) is 2. The van der Waals surface area contributed by atoms with Crippen molar-refractivity contribution in [2.45, 2.75) is 31.1 Å². The summed E-state index contributed by atoms with van der Waals surface area (Å²) in [4.78, 5) is 25.9. The van der Waals surface area contributed by atoms with E-state index < -0.39 is 35.8 Å². The zero-order valence-electron chi connectivity index (χ0n) is 18.7. The van der Waals surface area contributed by atoms with E-state index in [1.165, 1.54) is 6.07 Å². The average molecular weight is 479 g/mol. The summed E-state index contributed by atoms with van der Waals surface area (Å²) >= 11 is 0. The van der Waals surface area contributed by atoms with Crippen LogP contribution in [0.2, 0.25) is 0 Å². The van der Waals surface area contributed by atoms with Crippen LogP contribution in [0, 0.1) is 11.6 Å². The van der Waals surface area contributed by atoms with Gasteiger partial charge in [-0.2, -0.15) is 0 Å². The summed E-state index contributed by atoms with van der Waals surface area (Å²) in [5, 5.41) is 9.64. The predicted molar refractivity (Wildman–Crippen MR) is 123 cm³/mol. The third-order valence-electron chi connectivity index (χ3n) is 6.61. The normalized spacial score (nSPS) is 18.9. The van der Waals surface area contributed by atoms with E-state index >= 15 is 0 Å². The smallest absolute Gasteiger partial charge is 0.410 e. The summed E-state index contributed by atoms with van der Waals surface area (Å²) in [6.45, 7) is -0.0971. The van der Waals surface area contributed by atoms with Gasteiger partial charge in [0.15, 0.2) is 0 Å². The number of fused-ring (bicyclic) bond motifs is 3.